The third-order valence-electron chi connectivity index (χ3n) is 9.78. The summed E-state index contributed by atoms with van der Waals surface area (Å²) in [5, 5.41) is 10.6. The Labute approximate surface area is 336 Å². The maximum atomic E-state index is 13.3. The topological polar surface area (TPSA) is 60.2 Å². The SMILES string of the molecule is C[S+](=O)(Cc1ccc([N+](=O)[O-])cc1)c1ccccc1.FC(F)(F)c1ccc([B-](c2ccc(C(F)(F)F)cc2)(c2ccc(C(F)(F)F)cc2)c2ccc(C(F)(F)F)cc2)cc1. The van der Waals surface area contributed by atoms with Crippen molar-refractivity contribution < 1.29 is 61.8 Å². The van der Waals surface area contributed by atoms with Crippen molar-refractivity contribution in [2.24, 2.45) is 0 Å². The lowest BCUT2D eigenvalue weighted by atomic mass is 9.13. The minimum atomic E-state index is -4.77. The molecule has 0 saturated heterocycles. The van der Waals surface area contributed by atoms with Gasteiger partial charge in [0.25, 0.3) is 5.69 Å². The van der Waals surface area contributed by atoms with Crippen molar-refractivity contribution in [3.63, 3.8) is 0 Å². The summed E-state index contributed by atoms with van der Waals surface area (Å²) in [7, 11) is -2.17. The number of nitro groups is 1. The van der Waals surface area contributed by atoms with Gasteiger partial charge in [0.1, 0.15) is 28.1 Å². The zero-order chi connectivity index (χ0) is 44.3. The van der Waals surface area contributed by atoms with E-state index in [9.17, 15) is 67.0 Å². The molecule has 0 radical (unpaired) electrons. The Morgan fingerprint density at radius 1 is 0.467 bits per heavy atom. The molecule has 0 heterocycles. The minimum absolute atomic E-state index is 0.0114. The number of hydrogen-bond donors (Lipinski definition) is 0. The number of benzene rings is 6. The lowest BCUT2D eigenvalue weighted by Crippen LogP contribution is -2.74. The van der Waals surface area contributed by atoms with Crippen LogP contribution in [-0.2, 0) is 44.6 Å². The van der Waals surface area contributed by atoms with Crippen LogP contribution >= 0.6 is 0 Å². The summed E-state index contributed by atoms with van der Waals surface area (Å²) in [5.74, 6) is 0.384. The quantitative estimate of drug-likeness (QED) is 0.0503. The lowest BCUT2D eigenvalue weighted by molar-refractivity contribution is -0.384. The number of non-ortho nitro benzene ring substituents is 1. The Hall–Kier alpha value is -5.91. The fraction of sp³-hybridized carbons (Fsp3) is 0.143. The van der Waals surface area contributed by atoms with Crippen molar-refractivity contribution in [3.8, 4) is 0 Å². The fourth-order valence-corrected chi connectivity index (χ4v) is 8.55. The molecule has 0 saturated carbocycles. The second-order valence-corrected chi connectivity index (χ2v) is 16.5. The Morgan fingerprint density at radius 3 is 1.00 bits per heavy atom. The maximum Gasteiger partial charge on any atom is 0.416 e. The molecule has 6 aromatic rings. The molecule has 0 aliphatic carbocycles. The van der Waals surface area contributed by atoms with E-state index in [-0.39, 0.29) is 27.5 Å². The highest BCUT2D eigenvalue weighted by molar-refractivity contribution is 8.01. The number of alkyl halides is 12. The van der Waals surface area contributed by atoms with Crippen LogP contribution in [-0.4, -0.2) is 17.3 Å². The van der Waals surface area contributed by atoms with E-state index in [1.807, 2.05) is 30.3 Å². The van der Waals surface area contributed by atoms with E-state index in [0.29, 0.717) is 54.3 Å². The highest BCUT2D eigenvalue weighted by atomic mass is 32.2. The van der Waals surface area contributed by atoms with Crippen LogP contribution in [0, 0.1) is 10.1 Å². The van der Waals surface area contributed by atoms with E-state index in [1.54, 1.807) is 18.4 Å². The van der Waals surface area contributed by atoms with Crippen LogP contribution in [0.15, 0.2) is 157 Å². The molecule has 0 amide bonds. The van der Waals surface area contributed by atoms with Gasteiger partial charge < -0.3 is 0 Å². The highest BCUT2D eigenvalue weighted by Crippen LogP contribution is 2.33. The fourth-order valence-electron chi connectivity index (χ4n) is 6.82. The molecule has 0 aromatic heterocycles. The zero-order valence-electron chi connectivity index (χ0n) is 30.8. The van der Waals surface area contributed by atoms with Gasteiger partial charge in [0.2, 0.25) is 0 Å². The number of rotatable bonds is 8. The van der Waals surface area contributed by atoms with Crippen LogP contribution in [0.2, 0.25) is 0 Å². The summed E-state index contributed by atoms with van der Waals surface area (Å²) in [4.78, 5) is 10.9. The average Bonchev–Trinajstić information content (AvgIpc) is 3.18. The van der Waals surface area contributed by atoms with Crippen LogP contribution in [0.25, 0.3) is 0 Å². The van der Waals surface area contributed by atoms with Gasteiger partial charge in [0, 0.05) is 17.7 Å². The average molecular weight is 868 g/mol. The van der Waals surface area contributed by atoms with Crippen LogP contribution in [0.4, 0.5) is 58.4 Å². The second kappa shape index (κ2) is 17.0. The third kappa shape index (κ3) is 10.3. The number of hydrogen-bond acceptors (Lipinski definition) is 3. The van der Waals surface area contributed by atoms with Gasteiger partial charge in [-0.1, -0.05) is 119 Å². The van der Waals surface area contributed by atoms with Crippen LogP contribution in [0.1, 0.15) is 27.8 Å². The number of nitro benzene ring substituents is 1. The molecule has 0 aliphatic rings. The van der Waals surface area contributed by atoms with Gasteiger partial charge >= 0.3 is 24.7 Å². The molecule has 6 aromatic carbocycles. The predicted molar refractivity (Wildman–Crippen MR) is 206 cm³/mol. The molecule has 0 bridgehead atoms. The van der Waals surface area contributed by atoms with E-state index < -0.39 is 68.0 Å². The first-order valence-corrected chi connectivity index (χ1v) is 19.6. The standard InChI is InChI=1S/C28H16BF12.C14H14NO3S/c30-25(31,32)17-1-9-21(10-2-17)29(22-11-3-18(4-12-22)26(33,34)35,23-13-5-19(6-14-23)27(36,37)38)24-15-7-20(8-16-24)28(39,40)41;1-19(18,14-5-3-2-4-6-14)11-12-7-9-13(10-8-12)15(16)17/h1-16H;2-10H,11H2,1H3/q-1;+1. The largest absolute Gasteiger partial charge is 0.416 e. The second-order valence-electron chi connectivity index (χ2n) is 13.7. The smallest absolute Gasteiger partial charge is 0.258 e. The summed E-state index contributed by atoms with van der Waals surface area (Å²) >= 11 is 0. The third-order valence-corrected chi connectivity index (χ3v) is 11.9. The van der Waals surface area contributed by atoms with E-state index in [1.165, 1.54) is 12.1 Å². The molecule has 0 aliphatic heterocycles. The highest BCUT2D eigenvalue weighted by Gasteiger charge is 2.38. The summed E-state index contributed by atoms with van der Waals surface area (Å²) < 4.78 is 173. The van der Waals surface area contributed by atoms with E-state index in [4.69, 9.17) is 0 Å². The van der Waals surface area contributed by atoms with Crippen molar-refractivity contribution in [2.45, 2.75) is 35.4 Å². The Kier molecular flexibility index (Phi) is 12.8. The van der Waals surface area contributed by atoms with Gasteiger partial charge in [-0.05, 0) is 24.3 Å². The number of nitrogens with zero attached hydrogens (tertiary/aromatic N) is 1. The van der Waals surface area contributed by atoms with Gasteiger partial charge in [0.15, 0.2) is 4.90 Å². The normalized spacial score (nSPS) is 13.5. The first-order valence-electron chi connectivity index (χ1n) is 17.5. The first-order chi connectivity index (χ1) is 27.8. The Bertz CT molecular complexity index is 2200. The molecule has 6 rings (SSSR count). The van der Waals surface area contributed by atoms with Gasteiger partial charge in [-0.25, -0.2) is 0 Å². The minimum Gasteiger partial charge on any atom is -0.258 e. The molecule has 1 unspecified atom stereocenters. The molecule has 0 spiro atoms. The molecular formula is C42H30BF12NO3S. The van der Waals surface area contributed by atoms with Crippen LogP contribution in [0.5, 0.6) is 0 Å². The summed E-state index contributed by atoms with van der Waals surface area (Å²) in [6.45, 7) is 0. The van der Waals surface area contributed by atoms with Crippen molar-refractivity contribution in [1.29, 1.82) is 0 Å². The molecule has 18 heteroatoms. The van der Waals surface area contributed by atoms with Crippen LogP contribution < -0.4 is 21.9 Å². The predicted octanol–water partition coefficient (Wildman–Crippen LogP) is 10.4. The summed E-state index contributed by atoms with van der Waals surface area (Å²) in [5.41, 5.74) is -3.41. The van der Waals surface area contributed by atoms with E-state index in [0.717, 1.165) is 59.0 Å². The van der Waals surface area contributed by atoms with Gasteiger partial charge in [-0.3, -0.25) is 10.1 Å². The van der Waals surface area contributed by atoms with Crippen molar-refractivity contribution in [2.75, 3.05) is 6.26 Å². The van der Waals surface area contributed by atoms with Crippen molar-refractivity contribution in [3.05, 3.63) is 190 Å². The molecular weight excluding hydrogens is 837 g/mol. The summed E-state index contributed by atoms with van der Waals surface area (Å²) in [6.07, 6.45) is -20.3. The van der Waals surface area contributed by atoms with Gasteiger partial charge in [0.05, 0.1) is 27.2 Å². The monoisotopic (exact) mass is 867 g/mol. The lowest BCUT2D eigenvalue weighted by Gasteiger charge is -2.44. The van der Waals surface area contributed by atoms with Crippen molar-refractivity contribution in [1.82, 2.24) is 0 Å². The first kappa shape index (κ1) is 45.2. The molecule has 0 N–H and O–H groups in total. The maximum absolute atomic E-state index is 13.3. The Morgan fingerprint density at radius 2 is 0.750 bits per heavy atom. The Balaban J connectivity index is 0.000000299. The van der Waals surface area contributed by atoms with Gasteiger partial charge in [-0.2, -0.15) is 74.5 Å². The van der Waals surface area contributed by atoms with Crippen LogP contribution in [0.3, 0.4) is 0 Å². The molecule has 0 fully saturated rings. The number of halogens is 12. The van der Waals surface area contributed by atoms with E-state index >= 15 is 0 Å². The molecule has 4 nitrogen and oxygen atoms in total. The van der Waals surface area contributed by atoms with Crippen molar-refractivity contribution >= 4 is 43.6 Å². The van der Waals surface area contributed by atoms with Gasteiger partial charge in [-0.15, -0.1) is 0 Å². The molecule has 314 valence electrons. The molecule has 1 atom stereocenters. The zero-order valence-corrected chi connectivity index (χ0v) is 31.7. The molecule has 60 heavy (non-hydrogen) atoms. The summed E-state index contributed by atoms with van der Waals surface area (Å²) in [6, 6.07) is 29.0. The van der Waals surface area contributed by atoms with E-state index in [2.05, 4.69) is 0 Å².